The van der Waals surface area contributed by atoms with Crippen LogP contribution >= 0.6 is 0 Å². The van der Waals surface area contributed by atoms with Gasteiger partial charge in [-0.3, -0.25) is 14.2 Å². The van der Waals surface area contributed by atoms with Gasteiger partial charge in [0.1, 0.15) is 0 Å². The topological polar surface area (TPSA) is 55.2 Å². The van der Waals surface area contributed by atoms with Crippen LogP contribution in [0.5, 0.6) is 0 Å². The molecule has 136 valence electrons. The van der Waals surface area contributed by atoms with Gasteiger partial charge in [-0.15, -0.1) is 0 Å². The number of carbonyl (C=O) groups excluding carboxylic acids is 1. The molecule has 1 aromatic heterocycles. The maximum absolute atomic E-state index is 12.4. The Bertz CT molecular complexity index is 759. The minimum atomic E-state index is -0.144. The normalized spacial score (nSPS) is 20.8. The molecule has 0 spiro atoms. The molecule has 1 saturated heterocycles. The van der Waals surface area contributed by atoms with E-state index in [1.54, 1.807) is 6.07 Å². The molecule has 1 fully saturated rings. The van der Waals surface area contributed by atoms with Gasteiger partial charge in [-0.1, -0.05) is 32.9 Å². The zero-order valence-corrected chi connectivity index (χ0v) is 15.7. The summed E-state index contributed by atoms with van der Waals surface area (Å²) in [5.74, 6) is 0.610. The number of piperidine rings is 1. The number of nitrogens with zero attached hydrogens (tertiary/aromatic N) is 3. The smallest absolute Gasteiger partial charge is 0.261 e. The minimum Gasteiger partial charge on any atom is -0.303 e. The number of likely N-dealkylation sites (tertiary alicyclic amines) is 1. The van der Waals surface area contributed by atoms with Crippen LogP contribution in [0, 0.1) is 5.92 Å². The van der Waals surface area contributed by atoms with E-state index in [2.05, 4.69) is 23.9 Å². The van der Waals surface area contributed by atoms with Crippen LogP contribution in [0.25, 0.3) is 10.9 Å². The number of hydrogen-bond donors (Lipinski definition) is 0. The molecule has 0 aliphatic carbocycles. The lowest BCUT2D eigenvalue weighted by atomic mass is 9.88. The van der Waals surface area contributed by atoms with E-state index >= 15 is 0 Å². The van der Waals surface area contributed by atoms with Gasteiger partial charge in [-0.25, -0.2) is 4.98 Å². The Balaban J connectivity index is 0.00000109. The highest BCUT2D eigenvalue weighted by molar-refractivity contribution is 5.80. The van der Waals surface area contributed by atoms with Gasteiger partial charge in [-0.05, 0) is 44.5 Å². The summed E-state index contributed by atoms with van der Waals surface area (Å²) in [6.45, 7) is 7.35. The first kappa shape index (κ1) is 19.3. The van der Waals surface area contributed by atoms with Crippen molar-refractivity contribution in [2.45, 2.75) is 52.6 Å². The summed E-state index contributed by atoms with van der Waals surface area (Å²) >= 11 is 0. The average molecular weight is 343 g/mol. The highest BCUT2D eigenvalue weighted by Gasteiger charge is 2.27. The number of benzene rings is 1. The Morgan fingerprint density at radius 1 is 1.28 bits per heavy atom. The number of fused-ring (bicyclic) bond motifs is 1. The number of carbonyl (C=O) groups is 1. The molecule has 0 radical (unpaired) electrons. The number of para-hydroxylation sites is 1. The Morgan fingerprint density at radius 3 is 2.72 bits per heavy atom. The molecule has 1 aliphatic rings. The van der Waals surface area contributed by atoms with E-state index in [1.165, 1.54) is 23.7 Å². The van der Waals surface area contributed by atoms with Gasteiger partial charge in [0.25, 0.3) is 5.56 Å². The van der Waals surface area contributed by atoms with Crippen LogP contribution in [0.3, 0.4) is 0 Å². The molecular formula is C20H29N3O2. The quantitative estimate of drug-likeness (QED) is 0.856. The zero-order valence-electron chi connectivity index (χ0n) is 15.7. The van der Waals surface area contributed by atoms with Gasteiger partial charge in [-0.2, -0.15) is 0 Å². The van der Waals surface area contributed by atoms with Crippen molar-refractivity contribution < 1.29 is 4.79 Å². The van der Waals surface area contributed by atoms with E-state index < -0.39 is 0 Å². The van der Waals surface area contributed by atoms with Gasteiger partial charge in [0.05, 0.1) is 23.8 Å². The molecule has 1 aliphatic heterocycles. The van der Waals surface area contributed by atoms with Crippen LogP contribution in [-0.2, 0) is 11.3 Å². The fraction of sp³-hybridized carbons (Fsp3) is 0.550. The number of aromatic nitrogens is 2. The molecule has 1 aromatic carbocycles. The summed E-state index contributed by atoms with van der Waals surface area (Å²) < 4.78 is 1.43. The molecule has 0 bridgehead atoms. The maximum Gasteiger partial charge on any atom is 0.261 e. The zero-order chi connectivity index (χ0) is 18.4. The minimum absolute atomic E-state index is 0.0924. The van der Waals surface area contributed by atoms with E-state index in [-0.39, 0.29) is 23.9 Å². The number of ketones is 1. The fourth-order valence-electron chi connectivity index (χ4n) is 3.52. The van der Waals surface area contributed by atoms with E-state index in [4.69, 9.17) is 0 Å². The third kappa shape index (κ3) is 4.54. The summed E-state index contributed by atoms with van der Waals surface area (Å²) in [5.41, 5.74) is 0.524. The second-order valence-corrected chi connectivity index (χ2v) is 6.61. The largest absolute Gasteiger partial charge is 0.303 e. The summed E-state index contributed by atoms with van der Waals surface area (Å²) in [6.07, 6.45) is 4.34. The third-order valence-electron chi connectivity index (χ3n) is 4.91. The van der Waals surface area contributed by atoms with Gasteiger partial charge in [0.2, 0.25) is 0 Å². The number of Topliss-reactive ketones (excluding diaryl/α,β-unsaturated/α-hetero) is 1. The molecule has 3 rings (SSSR count). The van der Waals surface area contributed by atoms with Gasteiger partial charge < -0.3 is 4.90 Å². The average Bonchev–Trinajstić information content (AvgIpc) is 2.63. The molecule has 5 heteroatoms. The van der Waals surface area contributed by atoms with E-state index in [9.17, 15) is 9.59 Å². The second-order valence-electron chi connectivity index (χ2n) is 6.61. The Morgan fingerprint density at radius 2 is 2.00 bits per heavy atom. The lowest BCUT2D eigenvalue weighted by molar-refractivity contribution is -0.121. The molecular weight excluding hydrogens is 314 g/mol. The van der Waals surface area contributed by atoms with E-state index in [1.807, 2.05) is 32.0 Å². The van der Waals surface area contributed by atoms with Crippen LogP contribution in [0.2, 0.25) is 0 Å². The molecule has 5 nitrogen and oxygen atoms in total. The highest BCUT2D eigenvalue weighted by Crippen LogP contribution is 2.24. The molecule has 2 unspecified atom stereocenters. The molecule has 25 heavy (non-hydrogen) atoms. The van der Waals surface area contributed by atoms with Crippen LogP contribution in [0.1, 0.15) is 40.0 Å². The van der Waals surface area contributed by atoms with Gasteiger partial charge in [0.15, 0.2) is 5.78 Å². The maximum atomic E-state index is 12.4. The van der Waals surface area contributed by atoms with Crippen molar-refractivity contribution in [1.82, 2.24) is 14.5 Å². The monoisotopic (exact) mass is 343 g/mol. The van der Waals surface area contributed by atoms with Crippen LogP contribution in [0.4, 0.5) is 0 Å². The molecule has 2 atom stereocenters. The van der Waals surface area contributed by atoms with Crippen LogP contribution < -0.4 is 5.56 Å². The molecule has 0 amide bonds. The van der Waals surface area contributed by atoms with E-state index in [0.717, 1.165) is 6.54 Å². The molecule has 2 aromatic rings. The van der Waals surface area contributed by atoms with E-state index in [0.29, 0.717) is 23.2 Å². The van der Waals surface area contributed by atoms with Crippen LogP contribution in [-0.4, -0.2) is 39.9 Å². The SMILES string of the molecule is CC.CC1CCCN(C)C1CC(=O)Cn1cnc2ccccc2c1=O. The van der Waals surface area contributed by atoms with Crippen LogP contribution in [0.15, 0.2) is 35.4 Å². The number of rotatable bonds is 4. The highest BCUT2D eigenvalue weighted by atomic mass is 16.1. The first-order valence-corrected chi connectivity index (χ1v) is 9.22. The Kier molecular flexibility index (Phi) is 6.88. The fourth-order valence-corrected chi connectivity index (χ4v) is 3.52. The molecule has 0 saturated carbocycles. The van der Waals surface area contributed by atoms with Crippen molar-refractivity contribution in [2.75, 3.05) is 13.6 Å². The lowest BCUT2D eigenvalue weighted by Gasteiger charge is -2.37. The van der Waals surface area contributed by atoms with Crippen molar-refractivity contribution in [2.24, 2.45) is 5.92 Å². The van der Waals surface area contributed by atoms with Crippen molar-refractivity contribution in [3.8, 4) is 0 Å². The van der Waals surface area contributed by atoms with Gasteiger partial charge in [0, 0.05) is 12.5 Å². The Hall–Kier alpha value is -2.01. The van der Waals surface area contributed by atoms with Crippen molar-refractivity contribution >= 4 is 16.7 Å². The third-order valence-corrected chi connectivity index (χ3v) is 4.91. The summed E-state index contributed by atoms with van der Waals surface area (Å²) in [6, 6.07) is 7.51. The number of hydrogen-bond acceptors (Lipinski definition) is 4. The first-order chi connectivity index (χ1) is 12.1. The predicted molar refractivity (Wildman–Crippen MR) is 102 cm³/mol. The second kappa shape index (κ2) is 8.90. The molecule has 0 N–H and O–H groups in total. The standard InChI is InChI=1S/C18H23N3O2.C2H6/c1-13-6-5-9-20(2)17(13)10-14(22)11-21-12-19-16-8-4-3-7-15(16)18(21)23;1-2/h3-4,7-8,12-13,17H,5-6,9-11H2,1-2H3;1-2H3. The summed E-state index contributed by atoms with van der Waals surface area (Å²) in [4.78, 5) is 31.4. The Labute approximate surface area is 149 Å². The van der Waals surface area contributed by atoms with Gasteiger partial charge >= 0.3 is 0 Å². The molecule has 2 heterocycles. The van der Waals surface area contributed by atoms with Crippen molar-refractivity contribution in [3.05, 3.63) is 40.9 Å². The summed E-state index contributed by atoms with van der Waals surface area (Å²) in [7, 11) is 2.08. The first-order valence-electron chi connectivity index (χ1n) is 9.22. The van der Waals surface area contributed by atoms with Crippen molar-refractivity contribution in [1.29, 1.82) is 0 Å². The lowest BCUT2D eigenvalue weighted by Crippen LogP contribution is -2.43. The van der Waals surface area contributed by atoms with Crippen molar-refractivity contribution in [3.63, 3.8) is 0 Å². The summed E-state index contributed by atoms with van der Waals surface area (Å²) in [5, 5.41) is 0.561. The predicted octanol–water partition coefficient (Wildman–Crippen LogP) is 3.11.